The molecule has 0 radical (unpaired) electrons. The normalized spacial score (nSPS) is 15.6. The Labute approximate surface area is 162 Å². The lowest BCUT2D eigenvalue weighted by atomic mass is 10.2. The molecule has 1 N–H and O–H groups in total. The van der Waals surface area contributed by atoms with Gasteiger partial charge in [-0.1, -0.05) is 24.3 Å². The number of halogens is 2. The van der Waals surface area contributed by atoms with Crippen LogP contribution in [0.1, 0.15) is 5.56 Å². The second-order valence-electron chi connectivity index (χ2n) is 6.19. The van der Waals surface area contributed by atoms with Crippen LogP contribution < -0.4 is 5.32 Å². The second-order valence-corrected chi connectivity index (χ2v) is 8.45. The van der Waals surface area contributed by atoms with Crippen molar-refractivity contribution in [1.82, 2.24) is 9.21 Å². The van der Waals surface area contributed by atoms with Gasteiger partial charge in [0.1, 0.15) is 11.6 Å². The van der Waals surface area contributed by atoms with Crippen molar-refractivity contribution in [1.29, 1.82) is 0 Å². The average molecular weight is 411 g/mol. The third-order valence-electron chi connectivity index (χ3n) is 4.43. The van der Waals surface area contributed by atoms with Crippen molar-refractivity contribution in [2.24, 2.45) is 0 Å². The molecule has 5 nitrogen and oxygen atoms in total. The number of hydrogen-bond acceptors (Lipinski definition) is 3. The fourth-order valence-electron chi connectivity index (χ4n) is 2.90. The number of benzene rings is 2. The highest BCUT2D eigenvalue weighted by Gasteiger charge is 2.33. The van der Waals surface area contributed by atoms with E-state index < -0.39 is 26.6 Å². The predicted octanol–water partition coefficient (Wildman–Crippen LogP) is 2.98. The SMILES string of the molecule is Cc1ccccc1NC(=S)N1CCN(S(=O)(=O)c2c(F)cccc2F)CC1. The average Bonchev–Trinajstić information content (AvgIpc) is 2.63. The summed E-state index contributed by atoms with van der Waals surface area (Å²) in [5, 5.41) is 3.64. The molecule has 9 heteroatoms. The first-order chi connectivity index (χ1) is 12.8. The van der Waals surface area contributed by atoms with E-state index in [1.54, 1.807) is 0 Å². The molecule has 0 bridgehead atoms. The number of piperazine rings is 1. The van der Waals surface area contributed by atoms with E-state index in [1.807, 2.05) is 36.1 Å². The van der Waals surface area contributed by atoms with Gasteiger partial charge in [-0.3, -0.25) is 0 Å². The number of aryl methyl sites for hydroxylation is 1. The van der Waals surface area contributed by atoms with Crippen LogP contribution in [-0.4, -0.2) is 48.9 Å². The number of thiocarbonyl (C=S) groups is 1. The van der Waals surface area contributed by atoms with Crippen molar-refractivity contribution in [2.75, 3.05) is 31.5 Å². The Balaban J connectivity index is 1.68. The van der Waals surface area contributed by atoms with Crippen molar-refractivity contribution >= 4 is 33.0 Å². The van der Waals surface area contributed by atoms with E-state index in [0.717, 1.165) is 33.8 Å². The van der Waals surface area contributed by atoms with E-state index in [4.69, 9.17) is 12.2 Å². The van der Waals surface area contributed by atoms with Crippen LogP contribution in [0.2, 0.25) is 0 Å². The quantitative estimate of drug-likeness (QED) is 0.787. The Morgan fingerprint density at radius 3 is 2.19 bits per heavy atom. The first-order valence-electron chi connectivity index (χ1n) is 8.36. The first kappa shape index (κ1) is 19.7. The van der Waals surface area contributed by atoms with Gasteiger partial charge in [-0.05, 0) is 42.9 Å². The molecule has 0 saturated carbocycles. The highest BCUT2D eigenvalue weighted by molar-refractivity contribution is 7.89. The predicted molar refractivity (Wildman–Crippen MR) is 104 cm³/mol. The molecule has 3 rings (SSSR count). The summed E-state index contributed by atoms with van der Waals surface area (Å²) >= 11 is 5.41. The van der Waals surface area contributed by atoms with Crippen LogP contribution >= 0.6 is 12.2 Å². The fourth-order valence-corrected chi connectivity index (χ4v) is 4.72. The van der Waals surface area contributed by atoms with Crippen LogP contribution in [0.15, 0.2) is 47.4 Å². The van der Waals surface area contributed by atoms with Gasteiger partial charge in [0, 0.05) is 31.9 Å². The van der Waals surface area contributed by atoms with Crippen LogP contribution in [0, 0.1) is 18.6 Å². The Kier molecular flexibility index (Phi) is 5.73. The maximum atomic E-state index is 13.9. The molecule has 27 heavy (non-hydrogen) atoms. The summed E-state index contributed by atoms with van der Waals surface area (Å²) in [6, 6.07) is 10.7. The molecule has 0 unspecified atom stereocenters. The van der Waals surface area contributed by atoms with Gasteiger partial charge < -0.3 is 10.2 Å². The lowest BCUT2D eigenvalue weighted by molar-refractivity contribution is 0.267. The molecular weight excluding hydrogens is 392 g/mol. The van der Waals surface area contributed by atoms with Crippen molar-refractivity contribution in [3.05, 3.63) is 59.7 Å². The van der Waals surface area contributed by atoms with Crippen molar-refractivity contribution in [2.45, 2.75) is 11.8 Å². The Bertz CT molecular complexity index is 939. The van der Waals surface area contributed by atoms with E-state index in [1.165, 1.54) is 0 Å². The van der Waals surface area contributed by atoms with Crippen LogP contribution in [-0.2, 0) is 10.0 Å². The Hall–Kier alpha value is -2.10. The van der Waals surface area contributed by atoms with Crippen molar-refractivity contribution in [3.8, 4) is 0 Å². The molecule has 0 amide bonds. The highest BCUT2D eigenvalue weighted by Crippen LogP contribution is 2.24. The minimum absolute atomic E-state index is 0.0890. The van der Waals surface area contributed by atoms with E-state index in [9.17, 15) is 17.2 Å². The summed E-state index contributed by atoms with van der Waals surface area (Å²) < 4.78 is 54.1. The highest BCUT2D eigenvalue weighted by atomic mass is 32.2. The molecule has 1 aliphatic rings. The third kappa shape index (κ3) is 4.10. The summed E-state index contributed by atoms with van der Waals surface area (Å²) in [5.74, 6) is -2.18. The fraction of sp³-hybridized carbons (Fsp3) is 0.278. The largest absolute Gasteiger partial charge is 0.346 e. The van der Waals surface area contributed by atoms with E-state index >= 15 is 0 Å². The van der Waals surface area contributed by atoms with Gasteiger partial charge in [-0.15, -0.1) is 0 Å². The molecule has 1 heterocycles. The molecular formula is C18H19F2N3O2S2. The Morgan fingerprint density at radius 1 is 1.00 bits per heavy atom. The smallest absolute Gasteiger partial charge is 0.249 e. The van der Waals surface area contributed by atoms with Gasteiger partial charge in [0.2, 0.25) is 10.0 Å². The van der Waals surface area contributed by atoms with Gasteiger partial charge in [0.05, 0.1) is 0 Å². The monoisotopic (exact) mass is 411 g/mol. The summed E-state index contributed by atoms with van der Waals surface area (Å²) in [4.78, 5) is 0.935. The molecule has 1 aliphatic heterocycles. The summed E-state index contributed by atoms with van der Waals surface area (Å²) in [6.45, 7) is 2.79. The molecule has 1 fully saturated rings. The molecule has 2 aromatic carbocycles. The maximum Gasteiger partial charge on any atom is 0.249 e. The van der Waals surface area contributed by atoms with E-state index in [0.29, 0.717) is 18.2 Å². The molecule has 1 saturated heterocycles. The van der Waals surface area contributed by atoms with Crippen LogP contribution in [0.3, 0.4) is 0 Å². The topological polar surface area (TPSA) is 52.6 Å². The molecule has 0 spiro atoms. The lowest BCUT2D eigenvalue weighted by Gasteiger charge is -2.35. The number of rotatable bonds is 3. The standard InChI is InChI=1S/C18H19F2N3O2S2/c1-13-5-2-3-8-16(13)21-18(26)22-9-11-23(12-10-22)27(24,25)17-14(19)6-4-7-15(17)20/h2-8H,9-12H2,1H3,(H,21,26). The zero-order valence-electron chi connectivity index (χ0n) is 14.7. The number of nitrogens with zero attached hydrogens (tertiary/aromatic N) is 2. The minimum atomic E-state index is -4.25. The van der Waals surface area contributed by atoms with Gasteiger partial charge in [0.15, 0.2) is 10.0 Å². The number of nitrogens with one attached hydrogen (secondary N) is 1. The van der Waals surface area contributed by atoms with Crippen molar-refractivity contribution in [3.63, 3.8) is 0 Å². The molecule has 2 aromatic rings. The summed E-state index contributed by atoms with van der Waals surface area (Å²) in [5.41, 5.74) is 1.92. The zero-order valence-corrected chi connectivity index (χ0v) is 16.3. The molecule has 144 valence electrons. The van der Waals surface area contributed by atoms with E-state index in [2.05, 4.69) is 5.32 Å². The molecule has 0 atom stereocenters. The Morgan fingerprint density at radius 2 is 1.59 bits per heavy atom. The lowest BCUT2D eigenvalue weighted by Crippen LogP contribution is -2.51. The zero-order chi connectivity index (χ0) is 19.6. The van der Waals surface area contributed by atoms with Gasteiger partial charge in [-0.2, -0.15) is 4.31 Å². The molecule has 0 aromatic heterocycles. The number of hydrogen-bond donors (Lipinski definition) is 1. The summed E-state index contributed by atoms with van der Waals surface area (Å²) in [6.07, 6.45) is 0. The van der Waals surface area contributed by atoms with Crippen molar-refractivity contribution < 1.29 is 17.2 Å². The van der Waals surface area contributed by atoms with Gasteiger partial charge >= 0.3 is 0 Å². The minimum Gasteiger partial charge on any atom is -0.346 e. The maximum absolute atomic E-state index is 13.9. The van der Waals surface area contributed by atoms with Crippen LogP contribution in [0.5, 0.6) is 0 Å². The van der Waals surface area contributed by atoms with Gasteiger partial charge in [0.25, 0.3) is 0 Å². The van der Waals surface area contributed by atoms with Crippen LogP contribution in [0.25, 0.3) is 0 Å². The molecule has 0 aliphatic carbocycles. The second kappa shape index (κ2) is 7.87. The van der Waals surface area contributed by atoms with Gasteiger partial charge in [-0.25, -0.2) is 17.2 Å². The summed E-state index contributed by atoms with van der Waals surface area (Å²) in [7, 11) is -4.25. The van der Waals surface area contributed by atoms with E-state index in [-0.39, 0.29) is 13.1 Å². The number of anilines is 1. The number of sulfonamides is 1. The number of para-hydroxylation sites is 1. The van der Waals surface area contributed by atoms with Crippen LogP contribution in [0.4, 0.5) is 14.5 Å². The first-order valence-corrected chi connectivity index (χ1v) is 10.2. The third-order valence-corrected chi connectivity index (χ3v) is 6.74.